The fourth-order valence-electron chi connectivity index (χ4n) is 1.96. The summed E-state index contributed by atoms with van der Waals surface area (Å²) >= 11 is 0. The van der Waals surface area contributed by atoms with Crippen molar-refractivity contribution >= 4 is 0 Å². The second kappa shape index (κ2) is 8.35. The van der Waals surface area contributed by atoms with Crippen molar-refractivity contribution in [1.82, 2.24) is 15.1 Å². The van der Waals surface area contributed by atoms with Crippen LogP contribution in [-0.4, -0.2) is 50.1 Å². The van der Waals surface area contributed by atoms with Gasteiger partial charge in [-0.2, -0.15) is 0 Å². The zero-order chi connectivity index (χ0) is 14.3. The third-order valence-electron chi connectivity index (χ3n) is 3.10. The molecule has 19 heavy (non-hydrogen) atoms. The number of hydrogen-bond acceptors (Lipinski definition) is 4. The quantitative estimate of drug-likeness (QED) is 0.743. The van der Waals surface area contributed by atoms with E-state index in [1.807, 2.05) is 0 Å². The van der Waals surface area contributed by atoms with Gasteiger partial charge < -0.3 is 14.6 Å². The van der Waals surface area contributed by atoms with Crippen LogP contribution in [0.5, 0.6) is 0 Å². The zero-order valence-electron chi connectivity index (χ0n) is 13.1. The van der Waals surface area contributed by atoms with Crippen molar-refractivity contribution in [1.29, 1.82) is 0 Å². The van der Waals surface area contributed by atoms with Gasteiger partial charge in [-0.3, -0.25) is 4.90 Å². The minimum Gasteiger partial charge on any atom is -0.468 e. The first-order chi connectivity index (χ1) is 8.99. The summed E-state index contributed by atoms with van der Waals surface area (Å²) in [5.41, 5.74) is 1.27. The molecule has 0 aliphatic rings. The molecule has 1 heterocycles. The molecule has 0 aliphatic carbocycles. The van der Waals surface area contributed by atoms with Crippen LogP contribution >= 0.6 is 0 Å². The maximum absolute atomic E-state index is 5.60. The molecule has 0 fully saturated rings. The normalized spacial score (nSPS) is 12.0. The van der Waals surface area contributed by atoms with Crippen LogP contribution in [0.1, 0.15) is 31.6 Å². The lowest BCUT2D eigenvalue weighted by atomic mass is 10.2. The van der Waals surface area contributed by atoms with Crippen molar-refractivity contribution in [2.45, 2.75) is 39.4 Å². The molecule has 1 rings (SSSR count). The Kier molecular flexibility index (Phi) is 7.13. The van der Waals surface area contributed by atoms with Crippen molar-refractivity contribution < 1.29 is 4.42 Å². The van der Waals surface area contributed by atoms with Gasteiger partial charge in [0.2, 0.25) is 0 Å². The second-order valence-electron chi connectivity index (χ2n) is 5.80. The third-order valence-corrected chi connectivity index (χ3v) is 3.10. The fraction of sp³-hybridized carbons (Fsp3) is 0.733. The Balaban J connectivity index is 2.37. The molecule has 0 radical (unpaired) electrons. The maximum atomic E-state index is 5.60. The summed E-state index contributed by atoms with van der Waals surface area (Å²) in [5, 5.41) is 3.43. The van der Waals surface area contributed by atoms with E-state index in [0.717, 1.165) is 31.9 Å². The van der Waals surface area contributed by atoms with Gasteiger partial charge in [-0.25, -0.2) is 0 Å². The van der Waals surface area contributed by atoms with Crippen molar-refractivity contribution in [2.75, 3.05) is 34.2 Å². The summed E-state index contributed by atoms with van der Waals surface area (Å²) in [6.45, 7) is 8.31. The van der Waals surface area contributed by atoms with Gasteiger partial charge in [-0.05, 0) is 46.7 Å². The molecule has 0 bridgehead atoms. The van der Waals surface area contributed by atoms with Gasteiger partial charge in [0.05, 0.1) is 12.8 Å². The zero-order valence-corrected chi connectivity index (χ0v) is 13.1. The highest BCUT2D eigenvalue weighted by molar-refractivity contribution is 5.16. The average molecular weight is 267 g/mol. The van der Waals surface area contributed by atoms with E-state index in [1.165, 1.54) is 12.0 Å². The first-order valence-electron chi connectivity index (χ1n) is 7.11. The first-order valence-corrected chi connectivity index (χ1v) is 7.11. The Bertz CT molecular complexity index is 347. The summed E-state index contributed by atoms with van der Waals surface area (Å²) in [6.07, 6.45) is 2.98. The predicted octanol–water partition coefficient (Wildman–Crippen LogP) is 2.16. The van der Waals surface area contributed by atoms with Crippen LogP contribution in [0.15, 0.2) is 16.7 Å². The highest BCUT2D eigenvalue weighted by atomic mass is 16.3. The smallest absolute Gasteiger partial charge is 0.122 e. The Morgan fingerprint density at radius 2 is 1.95 bits per heavy atom. The molecular weight excluding hydrogens is 238 g/mol. The summed E-state index contributed by atoms with van der Waals surface area (Å²) < 4.78 is 5.60. The topological polar surface area (TPSA) is 31.7 Å². The van der Waals surface area contributed by atoms with Crippen LogP contribution in [0.4, 0.5) is 0 Å². The van der Waals surface area contributed by atoms with Crippen molar-refractivity contribution in [3.8, 4) is 0 Å². The molecule has 0 atom stereocenters. The molecule has 0 unspecified atom stereocenters. The molecule has 0 saturated carbocycles. The molecule has 0 aromatic carbocycles. The number of rotatable bonds is 9. The second-order valence-corrected chi connectivity index (χ2v) is 5.80. The van der Waals surface area contributed by atoms with Gasteiger partial charge in [0, 0.05) is 18.2 Å². The highest BCUT2D eigenvalue weighted by Crippen LogP contribution is 2.13. The lowest BCUT2D eigenvalue weighted by molar-refractivity contribution is 0.272. The largest absolute Gasteiger partial charge is 0.468 e. The monoisotopic (exact) mass is 267 g/mol. The Labute approximate surface area is 117 Å². The maximum Gasteiger partial charge on any atom is 0.122 e. The predicted molar refractivity (Wildman–Crippen MR) is 80.2 cm³/mol. The Morgan fingerprint density at radius 1 is 1.21 bits per heavy atom. The van der Waals surface area contributed by atoms with E-state index in [-0.39, 0.29) is 0 Å². The van der Waals surface area contributed by atoms with Crippen molar-refractivity contribution in [3.05, 3.63) is 23.7 Å². The van der Waals surface area contributed by atoms with Crippen LogP contribution < -0.4 is 5.32 Å². The molecule has 110 valence electrons. The molecule has 0 spiro atoms. The van der Waals surface area contributed by atoms with Crippen molar-refractivity contribution in [2.24, 2.45) is 0 Å². The van der Waals surface area contributed by atoms with Gasteiger partial charge in [0.25, 0.3) is 0 Å². The molecule has 0 aliphatic heterocycles. The summed E-state index contributed by atoms with van der Waals surface area (Å²) in [7, 11) is 6.38. The molecule has 1 N–H and O–H groups in total. The molecule has 0 saturated heterocycles. The number of hydrogen-bond donors (Lipinski definition) is 1. The lowest BCUT2D eigenvalue weighted by Crippen LogP contribution is -2.25. The van der Waals surface area contributed by atoms with Gasteiger partial charge >= 0.3 is 0 Å². The van der Waals surface area contributed by atoms with E-state index in [0.29, 0.717) is 6.04 Å². The van der Waals surface area contributed by atoms with Crippen molar-refractivity contribution in [3.63, 3.8) is 0 Å². The minimum absolute atomic E-state index is 0.501. The first kappa shape index (κ1) is 16.2. The lowest BCUT2D eigenvalue weighted by Gasteiger charge is -2.18. The van der Waals surface area contributed by atoms with Gasteiger partial charge in [0.1, 0.15) is 5.76 Å². The van der Waals surface area contributed by atoms with Gasteiger partial charge in [-0.15, -0.1) is 0 Å². The minimum atomic E-state index is 0.501. The fourth-order valence-corrected chi connectivity index (χ4v) is 1.96. The van der Waals surface area contributed by atoms with Gasteiger partial charge in [-0.1, -0.05) is 13.8 Å². The van der Waals surface area contributed by atoms with Crippen LogP contribution in [0, 0.1) is 0 Å². The summed E-state index contributed by atoms with van der Waals surface area (Å²) in [4.78, 5) is 4.54. The van der Waals surface area contributed by atoms with E-state index in [2.05, 4.69) is 56.2 Å². The van der Waals surface area contributed by atoms with E-state index >= 15 is 0 Å². The Morgan fingerprint density at radius 3 is 2.58 bits per heavy atom. The number of nitrogens with one attached hydrogen (secondary N) is 1. The van der Waals surface area contributed by atoms with Crippen LogP contribution in [0.2, 0.25) is 0 Å². The van der Waals surface area contributed by atoms with Crippen LogP contribution in [0.25, 0.3) is 0 Å². The van der Waals surface area contributed by atoms with E-state index in [9.17, 15) is 0 Å². The molecular formula is C15H29N3O. The third kappa shape index (κ3) is 6.76. The molecule has 1 aromatic heterocycles. The Hall–Kier alpha value is -0.840. The van der Waals surface area contributed by atoms with Crippen LogP contribution in [0.3, 0.4) is 0 Å². The highest BCUT2D eigenvalue weighted by Gasteiger charge is 2.09. The van der Waals surface area contributed by atoms with Gasteiger partial charge in [0.15, 0.2) is 0 Å². The molecule has 1 aromatic rings. The molecule has 4 heteroatoms. The van der Waals surface area contributed by atoms with E-state index in [4.69, 9.17) is 4.42 Å². The number of furan rings is 1. The standard InChI is InChI=1S/C15H29N3O/c1-13(2)16-11-14-7-10-19-15(14)12-18(5)9-6-8-17(3)4/h7,10,13,16H,6,8-9,11-12H2,1-5H3. The van der Waals surface area contributed by atoms with E-state index in [1.54, 1.807) is 6.26 Å². The molecule has 4 nitrogen and oxygen atoms in total. The summed E-state index contributed by atoms with van der Waals surface area (Å²) in [5.74, 6) is 1.08. The van der Waals surface area contributed by atoms with Crippen LogP contribution in [-0.2, 0) is 13.1 Å². The average Bonchev–Trinajstić information content (AvgIpc) is 2.73. The molecule has 0 amide bonds. The summed E-state index contributed by atoms with van der Waals surface area (Å²) in [6, 6.07) is 2.57. The SMILES string of the molecule is CC(C)NCc1ccoc1CN(C)CCCN(C)C. The number of nitrogens with zero attached hydrogens (tertiary/aromatic N) is 2. The van der Waals surface area contributed by atoms with E-state index < -0.39 is 0 Å².